The van der Waals surface area contributed by atoms with Gasteiger partial charge in [-0.2, -0.15) is 0 Å². The van der Waals surface area contributed by atoms with E-state index in [1.54, 1.807) is 37.3 Å². The average Bonchev–Trinajstić information content (AvgIpc) is 3.52. The predicted octanol–water partition coefficient (Wildman–Crippen LogP) is 3.22. The van der Waals surface area contributed by atoms with Gasteiger partial charge in [0.15, 0.2) is 11.5 Å². The minimum atomic E-state index is -0.565. The quantitative estimate of drug-likeness (QED) is 0.738. The van der Waals surface area contributed by atoms with E-state index in [1.165, 1.54) is 12.1 Å². The number of benzene rings is 2. The first-order valence-corrected chi connectivity index (χ1v) is 10.6. The zero-order valence-corrected chi connectivity index (χ0v) is 17.8. The summed E-state index contributed by atoms with van der Waals surface area (Å²) in [5.74, 6) is -0.161. The van der Waals surface area contributed by atoms with Gasteiger partial charge in [-0.25, -0.2) is 4.39 Å². The molecular weight excluding hydrogens is 399 g/mol. The highest BCUT2D eigenvalue weighted by atomic mass is 19.1. The molecule has 6 nitrogen and oxygen atoms in total. The molecule has 0 aromatic heterocycles. The zero-order valence-electron chi connectivity index (χ0n) is 17.8. The summed E-state index contributed by atoms with van der Waals surface area (Å²) in [4.78, 5) is 27.7. The molecule has 4 rings (SSSR count). The molecule has 2 aromatic carbocycles. The number of carbonyl (C=O) groups is 2. The molecule has 164 valence electrons. The molecular formula is C24H27FN2O4. The number of hydrogen-bond donors (Lipinski definition) is 1. The number of rotatable bonds is 7. The van der Waals surface area contributed by atoms with Crippen LogP contribution in [0.15, 0.2) is 42.5 Å². The van der Waals surface area contributed by atoms with Gasteiger partial charge in [0, 0.05) is 31.1 Å². The van der Waals surface area contributed by atoms with Crippen LogP contribution in [0.3, 0.4) is 0 Å². The predicted molar refractivity (Wildman–Crippen MR) is 114 cm³/mol. The van der Waals surface area contributed by atoms with E-state index in [-0.39, 0.29) is 30.5 Å². The van der Waals surface area contributed by atoms with Crippen molar-refractivity contribution < 1.29 is 23.5 Å². The second kappa shape index (κ2) is 8.96. The Morgan fingerprint density at radius 2 is 1.84 bits per heavy atom. The van der Waals surface area contributed by atoms with Crippen LogP contribution in [0.2, 0.25) is 0 Å². The van der Waals surface area contributed by atoms with Crippen LogP contribution in [0.25, 0.3) is 0 Å². The third-order valence-corrected chi connectivity index (χ3v) is 6.14. The van der Waals surface area contributed by atoms with E-state index in [0.29, 0.717) is 24.0 Å². The van der Waals surface area contributed by atoms with Crippen LogP contribution in [0.5, 0.6) is 11.5 Å². The summed E-state index contributed by atoms with van der Waals surface area (Å²) in [5.41, 5.74) is 0.815. The van der Waals surface area contributed by atoms with Crippen LogP contribution >= 0.6 is 0 Å². The molecule has 1 aliphatic heterocycles. The third-order valence-electron chi connectivity index (χ3n) is 6.14. The van der Waals surface area contributed by atoms with Gasteiger partial charge in [-0.1, -0.05) is 24.3 Å². The summed E-state index contributed by atoms with van der Waals surface area (Å²) in [6, 6.07) is 11.5. The Balaban J connectivity index is 1.64. The van der Waals surface area contributed by atoms with Crippen molar-refractivity contribution in [3.8, 4) is 11.5 Å². The lowest BCUT2D eigenvalue weighted by Gasteiger charge is -2.21. The summed E-state index contributed by atoms with van der Waals surface area (Å²) in [7, 11) is 3.12. The molecule has 1 saturated carbocycles. The van der Waals surface area contributed by atoms with E-state index >= 15 is 0 Å². The SMILES string of the molecule is COc1cccc(C2CN(C(=O)c3ccccc3F)CC2C(=O)NCC2CC2)c1OC. The van der Waals surface area contributed by atoms with Gasteiger partial charge in [-0.05, 0) is 37.0 Å². The van der Waals surface area contributed by atoms with E-state index in [0.717, 1.165) is 18.4 Å². The second-order valence-corrected chi connectivity index (χ2v) is 8.17. The number of carbonyl (C=O) groups excluding carboxylic acids is 2. The number of para-hydroxylation sites is 1. The van der Waals surface area contributed by atoms with Crippen LogP contribution in [0.1, 0.15) is 34.7 Å². The fourth-order valence-corrected chi connectivity index (χ4v) is 4.26. The number of nitrogens with one attached hydrogen (secondary N) is 1. The summed E-state index contributed by atoms with van der Waals surface area (Å²) < 4.78 is 25.3. The maximum absolute atomic E-state index is 14.2. The average molecular weight is 426 g/mol. The summed E-state index contributed by atoms with van der Waals surface area (Å²) in [6.07, 6.45) is 2.27. The van der Waals surface area contributed by atoms with Gasteiger partial charge in [-0.15, -0.1) is 0 Å². The molecule has 31 heavy (non-hydrogen) atoms. The second-order valence-electron chi connectivity index (χ2n) is 8.17. The maximum Gasteiger partial charge on any atom is 0.256 e. The van der Waals surface area contributed by atoms with E-state index < -0.39 is 17.6 Å². The number of hydrogen-bond acceptors (Lipinski definition) is 4. The van der Waals surface area contributed by atoms with Gasteiger partial charge in [0.1, 0.15) is 5.82 Å². The molecule has 2 aliphatic rings. The van der Waals surface area contributed by atoms with Crippen LogP contribution in [-0.2, 0) is 4.79 Å². The van der Waals surface area contributed by atoms with E-state index in [1.807, 2.05) is 12.1 Å². The number of likely N-dealkylation sites (tertiary alicyclic amines) is 1. The highest BCUT2D eigenvalue weighted by Crippen LogP contribution is 2.42. The van der Waals surface area contributed by atoms with Crippen molar-refractivity contribution in [3.05, 3.63) is 59.4 Å². The molecule has 2 amide bonds. The first-order valence-electron chi connectivity index (χ1n) is 10.6. The molecule has 1 N–H and O–H groups in total. The van der Waals surface area contributed by atoms with Crippen molar-refractivity contribution in [1.29, 1.82) is 0 Å². The molecule has 2 aromatic rings. The standard InChI is InChI=1S/C24H27FN2O4/c1-30-21-9-5-7-16(22(21)31-2)18-13-27(24(29)17-6-3-4-8-20(17)25)14-19(18)23(28)26-12-15-10-11-15/h3-9,15,18-19H,10-14H2,1-2H3,(H,26,28). The van der Waals surface area contributed by atoms with Crippen molar-refractivity contribution >= 4 is 11.8 Å². The normalized spacial score (nSPS) is 20.4. The van der Waals surface area contributed by atoms with Gasteiger partial charge in [0.05, 0.1) is 25.7 Å². The van der Waals surface area contributed by atoms with Gasteiger partial charge in [-0.3, -0.25) is 9.59 Å². The van der Waals surface area contributed by atoms with Crippen molar-refractivity contribution in [2.24, 2.45) is 11.8 Å². The Bertz CT molecular complexity index is 976. The zero-order chi connectivity index (χ0) is 22.0. The number of nitrogens with zero attached hydrogens (tertiary/aromatic N) is 1. The number of amides is 2. The third kappa shape index (κ3) is 4.36. The van der Waals surface area contributed by atoms with E-state index in [9.17, 15) is 14.0 Å². The van der Waals surface area contributed by atoms with E-state index in [4.69, 9.17) is 9.47 Å². The van der Waals surface area contributed by atoms with Gasteiger partial charge < -0.3 is 19.7 Å². The van der Waals surface area contributed by atoms with Crippen LogP contribution < -0.4 is 14.8 Å². The molecule has 0 radical (unpaired) electrons. The first-order chi connectivity index (χ1) is 15.0. The van der Waals surface area contributed by atoms with Crippen molar-refractivity contribution in [2.75, 3.05) is 33.9 Å². The Hall–Kier alpha value is -3.09. The fourth-order valence-electron chi connectivity index (χ4n) is 4.26. The topological polar surface area (TPSA) is 67.9 Å². The molecule has 2 atom stereocenters. The summed E-state index contributed by atoms with van der Waals surface area (Å²) in [6.45, 7) is 1.16. The van der Waals surface area contributed by atoms with E-state index in [2.05, 4.69) is 5.32 Å². The number of methoxy groups -OCH3 is 2. The first kappa shape index (κ1) is 21.2. The van der Waals surface area contributed by atoms with Crippen molar-refractivity contribution in [2.45, 2.75) is 18.8 Å². The largest absolute Gasteiger partial charge is 0.493 e. The molecule has 7 heteroatoms. The van der Waals surface area contributed by atoms with Gasteiger partial charge >= 0.3 is 0 Å². The highest BCUT2D eigenvalue weighted by molar-refractivity contribution is 5.95. The molecule has 2 unspecified atom stereocenters. The molecule has 1 saturated heterocycles. The molecule has 2 fully saturated rings. The molecule has 0 bridgehead atoms. The summed E-state index contributed by atoms with van der Waals surface area (Å²) >= 11 is 0. The molecule has 1 aliphatic carbocycles. The Kier molecular flexibility index (Phi) is 6.11. The lowest BCUT2D eigenvalue weighted by atomic mass is 9.87. The summed E-state index contributed by atoms with van der Waals surface area (Å²) in [5, 5.41) is 3.04. The minimum absolute atomic E-state index is 0.0119. The van der Waals surface area contributed by atoms with Crippen molar-refractivity contribution in [3.63, 3.8) is 0 Å². The van der Waals surface area contributed by atoms with Crippen LogP contribution in [0.4, 0.5) is 4.39 Å². The number of ether oxygens (including phenoxy) is 2. The molecule has 1 heterocycles. The minimum Gasteiger partial charge on any atom is -0.493 e. The maximum atomic E-state index is 14.2. The fraction of sp³-hybridized carbons (Fsp3) is 0.417. The van der Waals surface area contributed by atoms with Crippen LogP contribution in [-0.4, -0.2) is 50.6 Å². The smallest absolute Gasteiger partial charge is 0.256 e. The monoisotopic (exact) mass is 426 g/mol. The Morgan fingerprint density at radius 1 is 1.06 bits per heavy atom. The van der Waals surface area contributed by atoms with Crippen LogP contribution in [0, 0.1) is 17.7 Å². The van der Waals surface area contributed by atoms with Gasteiger partial charge in [0.2, 0.25) is 5.91 Å². The molecule has 0 spiro atoms. The number of halogens is 1. The Labute approximate surface area is 181 Å². The van der Waals surface area contributed by atoms with Crippen molar-refractivity contribution in [1.82, 2.24) is 10.2 Å². The highest BCUT2D eigenvalue weighted by Gasteiger charge is 2.42. The lowest BCUT2D eigenvalue weighted by molar-refractivity contribution is -0.125. The lowest BCUT2D eigenvalue weighted by Crippen LogP contribution is -2.36. The Morgan fingerprint density at radius 3 is 2.52 bits per heavy atom. The van der Waals surface area contributed by atoms with Gasteiger partial charge in [0.25, 0.3) is 5.91 Å².